The van der Waals surface area contributed by atoms with Crippen LogP contribution >= 0.6 is 0 Å². The molecule has 0 aromatic rings. The van der Waals surface area contributed by atoms with E-state index in [9.17, 15) is 0 Å². The molecule has 0 nitrogen and oxygen atoms in total. The molecule has 1 atom stereocenters. The van der Waals surface area contributed by atoms with Crippen LogP contribution in [0.15, 0.2) is 0 Å². The quantitative estimate of drug-likeness (QED) is 0.575. The van der Waals surface area contributed by atoms with Crippen LogP contribution in [0.2, 0.25) is 0 Å². The second-order valence-corrected chi connectivity index (χ2v) is 4.15. The molecule has 0 spiro atoms. The van der Waals surface area contributed by atoms with Gasteiger partial charge in [0.1, 0.15) is 0 Å². The van der Waals surface area contributed by atoms with Crippen LogP contribution in [0.4, 0.5) is 0 Å². The Kier molecular flexibility index (Phi) is 13.3. The van der Waals surface area contributed by atoms with E-state index in [1.807, 2.05) is 0 Å². The minimum absolute atomic E-state index is 0.704. The van der Waals surface area contributed by atoms with Crippen molar-refractivity contribution < 1.29 is 0 Å². The van der Waals surface area contributed by atoms with Crippen molar-refractivity contribution in [3.8, 4) is 0 Å². The van der Waals surface area contributed by atoms with Crippen molar-refractivity contribution in [1.82, 2.24) is 0 Å². The van der Waals surface area contributed by atoms with E-state index < -0.39 is 0 Å². The lowest BCUT2D eigenvalue weighted by molar-refractivity contribution is 0.537. The van der Waals surface area contributed by atoms with E-state index in [0.717, 1.165) is 5.92 Å². The molecule has 0 N–H and O–H groups in total. The summed E-state index contributed by atoms with van der Waals surface area (Å²) in [5.41, 5.74) is 0. The van der Waals surface area contributed by atoms with Gasteiger partial charge in [-0.15, -0.1) is 0 Å². The van der Waals surface area contributed by atoms with Gasteiger partial charge in [-0.05, 0) is 11.8 Å². The maximum absolute atomic E-state index is 3.99. The average molecular weight is 171 g/mol. The highest BCUT2D eigenvalue weighted by molar-refractivity contribution is 4.57. The summed E-state index contributed by atoms with van der Waals surface area (Å²) < 4.78 is 0. The van der Waals surface area contributed by atoms with Gasteiger partial charge in [-0.1, -0.05) is 67.2 Å². The van der Waals surface area contributed by atoms with Gasteiger partial charge < -0.3 is 0 Å². The van der Waals surface area contributed by atoms with Gasteiger partial charge in [0.15, 0.2) is 0 Å². The Morgan fingerprint density at radius 2 is 1.50 bits per heavy atom. The van der Waals surface area contributed by atoms with Crippen LogP contribution in [0.25, 0.3) is 0 Å². The van der Waals surface area contributed by atoms with Crippen molar-refractivity contribution in [2.24, 2.45) is 11.8 Å². The van der Waals surface area contributed by atoms with Crippen LogP contribution in [0.1, 0.15) is 60.3 Å². The van der Waals surface area contributed by atoms with Crippen molar-refractivity contribution in [1.29, 1.82) is 0 Å². The maximum Gasteiger partial charge on any atom is -0.0417 e. The molecule has 75 valence electrons. The van der Waals surface area contributed by atoms with E-state index in [-0.39, 0.29) is 0 Å². The van der Waals surface area contributed by atoms with Gasteiger partial charge in [-0.3, -0.25) is 0 Å². The standard InChI is InChI=1S/C8H17.C4H10/c1-4-6-7-8(3)5-2;1-4(2)3/h8H,3-7H2,1-2H3;4H,1-3H3. The minimum Gasteiger partial charge on any atom is -0.0654 e. The number of hydrogen-bond acceptors (Lipinski definition) is 0. The van der Waals surface area contributed by atoms with E-state index in [1.165, 1.54) is 25.7 Å². The predicted molar refractivity (Wildman–Crippen MR) is 59.2 cm³/mol. The smallest absolute Gasteiger partial charge is 0.0417 e. The molecule has 0 saturated carbocycles. The van der Waals surface area contributed by atoms with Crippen molar-refractivity contribution >= 4 is 0 Å². The molecule has 0 fully saturated rings. The SMILES string of the molecule is CC(C)C.[CH2]C(CC)CCCC. The van der Waals surface area contributed by atoms with Crippen molar-refractivity contribution in [3.63, 3.8) is 0 Å². The molecule has 1 radical (unpaired) electrons. The van der Waals surface area contributed by atoms with Crippen LogP contribution in [-0.4, -0.2) is 0 Å². The fraction of sp³-hybridized carbons (Fsp3) is 0.917. The van der Waals surface area contributed by atoms with Gasteiger partial charge in [0.05, 0.1) is 0 Å². The van der Waals surface area contributed by atoms with Gasteiger partial charge in [0.2, 0.25) is 0 Å². The Labute approximate surface area is 79.8 Å². The van der Waals surface area contributed by atoms with Gasteiger partial charge in [0, 0.05) is 0 Å². The second-order valence-electron chi connectivity index (χ2n) is 4.15. The van der Waals surface area contributed by atoms with Crippen LogP contribution in [0.3, 0.4) is 0 Å². The Morgan fingerprint density at radius 1 is 1.08 bits per heavy atom. The fourth-order valence-corrected chi connectivity index (χ4v) is 0.697. The molecule has 0 aliphatic carbocycles. The van der Waals surface area contributed by atoms with Gasteiger partial charge in [-0.25, -0.2) is 0 Å². The van der Waals surface area contributed by atoms with Crippen LogP contribution in [-0.2, 0) is 0 Å². The Balaban J connectivity index is 0. The molecule has 0 saturated heterocycles. The molecule has 1 unspecified atom stereocenters. The topological polar surface area (TPSA) is 0 Å². The van der Waals surface area contributed by atoms with Crippen LogP contribution in [0.5, 0.6) is 0 Å². The number of hydrogen-bond donors (Lipinski definition) is 0. The highest BCUT2D eigenvalue weighted by atomic mass is 14.0. The largest absolute Gasteiger partial charge is 0.0654 e. The third-order valence-electron chi connectivity index (χ3n) is 1.54. The zero-order chi connectivity index (χ0) is 9.98. The van der Waals surface area contributed by atoms with Crippen LogP contribution < -0.4 is 0 Å². The lowest BCUT2D eigenvalue weighted by Gasteiger charge is -2.04. The van der Waals surface area contributed by atoms with Crippen LogP contribution in [0, 0.1) is 18.8 Å². The van der Waals surface area contributed by atoms with E-state index in [1.54, 1.807) is 0 Å². The lowest BCUT2D eigenvalue weighted by Crippen LogP contribution is -1.90. The first-order valence-corrected chi connectivity index (χ1v) is 5.37. The molecule has 0 heteroatoms. The molecule has 0 amide bonds. The van der Waals surface area contributed by atoms with E-state index in [4.69, 9.17) is 0 Å². The summed E-state index contributed by atoms with van der Waals surface area (Å²) in [6.45, 7) is 14.9. The summed E-state index contributed by atoms with van der Waals surface area (Å²) in [4.78, 5) is 0. The lowest BCUT2D eigenvalue weighted by atomic mass is 10.0. The van der Waals surface area contributed by atoms with Gasteiger partial charge in [0.25, 0.3) is 0 Å². The van der Waals surface area contributed by atoms with E-state index in [2.05, 4.69) is 41.5 Å². The Bertz CT molecular complexity index is 61.7. The third kappa shape index (κ3) is 22.5. The van der Waals surface area contributed by atoms with E-state index in [0.29, 0.717) is 5.92 Å². The zero-order valence-electron chi connectivity index (χ0n) is 9.69. The predicted octanol–water partition coefficient (Wildman–Crippen LogP) is 4.70. The summed E-state index contributed by atoms with van der Waals surface area (Å²) in [6.07, 6.45) is 5.21. The highest BCUT2D eigenvalue weighted by Crippen LogP contribution is 2.09. The molecule has 0 bridgehead atoms. The van der Waals surface area contributed by atoms with Crippen molar-refractivity contribution in [2.45, 2.75) is 60.3 Å². The Morgan fingerprint density at radius 3 is 1.75 bits per heavy atom. The first-order valence-electron chi connectivity index (χ1n) is 5.37. The molecule has 0 heterocycles. The summed E-state index contributed by atoms with van der Waals surface area (Å²) in [5, 5.41) is 0. The molecule has 12 heavy (non-hydrogen) atoms. The van der Waals surface area contributed by atoms with Gasteiger partial charge >= 0.3 is 0 Å². The molecule has 0 rings (SSSR count). The zero-order valence-corrected chi connectivity index (χ0v) is 9.69. The van der Waals surface area contributed by atoms with Crippen molar-refractivity contribution in [2.75, 3.05) is 0 Å². The maximum atomic E-state index is 3.99. The molecule has 0 aromatic carbocycles. The third-order valence-corrected chi connectivity index (χ3v) is 1.54. The van der Waals surface area contributed by atoms with E-state index >= 15 is 0 Å². The first-order chi connectivity index (χ1) is 5.54. The highest BCUT2D eigenvalue weighted by Gasteiger charge is 1.94. The summed E-state index contributed by atoms with van der Waals surface area (Å²) in [7, 11) is 0. The van der Waals surface area contributed by atoms with Gasteiger partial charge in [-0.2, -0.15) is 0 Å². The molecule has 0 aliphatic heterocycles. The monoisotopic (exact) mass is 171 g/mol. The number of rotatable bonds is 4. The molecule has 0 aliphatic rings. The fourth-order valence-electron chi connectivity index (χ4n) is 0.697. The summed E-state index contributed by atoms with van der Waals surface area (Å²) in [5.74, 6) is 1.54. The summed E-state index contributed by atoms with van der Waals surface area (Å²) >= 11 is 0. The molecule has 0 aromatic heterocycles. The molecular formula is C12H27. The second kappa shape index (κ2) is 11.0. The normalized spacial score (nSPS) is 12.2. The molecular weight excluding hydrogens is 144 g/mol. The average Bonchev–Trinajstić information content (AvgIpc) is 1.99. The van der Waals surface area contributed by atoms with Crippen molar-refractivity contribution in [3.05, 3.63) is 6.92 Å². The minimum atomic E-state index is 0.704. The first kappa shape index (κ1) is 14.5. The number of unbranched alkanes of at least 4 members (excludes halogenated alkanes) is 1. The summed E-state index contributed by atoms with van der Waals surface area (Å²) in [6, 6.07) is 0. The Hall–Kier alpha value is 0.